The van der Waals surface area contributed by atoms with Crippen LogP contribution in [0.15, 0.2) is 41.8 Å². The van der Waals surface area contributed by atoms with Crippen molar-refractivity contribution in [2.75, 3.05) is 23.7 Å². The molecule has 0 radical (unpaired) electrons. The third-order valence-electron chi connectivity index (χ3n) is 3.19. The minimum Gasteiger partial charge on any atom is -0.481 e. The molecule has 0 fully saturated rings. The van der Waals surface area contributed by atoms with E-state index in [-0.39, 0.29) is 5.75 Å². The molecule has 112 valence electrons. The molecule has 0 aliphatic heterocycles. The summed E-state index contributed by atoms with van der Waals surface area (Å²) < 4.78 is 1.90. The summed E-state index contributed by atoms with van der Waals surface area (Å²) in [6, 6.07) is 8.21. The Morgan fingerprint density at radius 3 is 2.52 bits per heavy atom. The summed E-state index contributed by atoms with van der Waals surface area (Å²) in [4.78, 5) is 17.1. The van der Waals surface area contributed by atoms with Crippen LogP contribution in [0.1, 0.15) is 13.8 Å². The number of aliphatic carboxylic acids is 1. The molecule has 2 rings (SSSR count). The lowest BCUT2D eigenvalue weighted by atomic mass is 10.2. The molecule has 1 heterocycles. The monoisotopic (exact) mass is 305 g/mol. The van der Waals surface area contributed by atoms with Crippen molar-refractivity contribution in [1.29, 1.82) is 0 Å². The smallest absolute Gasteiger partial charge is 0.313 e. The molecule has 21 heavy (non-hydrogen) atoms. The number of carboxylic acids is 1. The van der Waals surface area contributed by atoms with Gasteiger partial charge in [-0.05, 0) is 38.1 Å². The van der Waals surface area contributed by atoms with Crippen LogP contribution in [-0.4, -0.2) is 39.5 Å². The van der Waals surface area contributed by atoms with E-state index in [1.165, 1.54) is 17.4 Å². The first-order valence-corrected chi connectivity index (χ1v) is 7.87. The molecule has 6 heteroatoms. The number of nitrogens with zero attached hydrogens (tertiary/aromatic N) is 3. The highest BCUT2D eigenvalue weighted by Gasteiger charge is 2.09. The second kappa shape index (κ2) is 7.17. The Bertz CT molecular complexity index is 591. The van der Waals surface area contributed by atoms with Gasteiger partial charge in [-0.25, -0.2) is 4.98 Å². The number of anilines is 1. The third-order valence-corrected chi connectivity index (χ3v) is 4.14. The van der Waals surface area contributed by atoms with Crippen LogP contribution >= 0.6 is 11.8 Å². The summed E-state index contributed by atoms with van der Waals surface area (Å²) in [7, 11) is 0. The van der Waals surface area contributed by atoms with Crippen LogP contribution in [0, 0.1) is 0 Å². The highest BCUT2D eigenvalue weighted by atomic mass is 32.2. The van der Waals surface area contributed by atoms with Crippen LogP contribution in [0.2, 0.25) is 0 Å². The summed E-state index contributed by atoms with van der Waals surface area (Å²) >= 11 is 1.22. The highest BCUT2D eigenvalue weighted by Crippen LogP contribution is 2.22. The van der Waals surface area contributed by atoms with Crippen molar-refractivity contribution in [3.8, 4) is 5.69 Å². The molecule has 2 aromatic rings. The fourth-order valence-corrected chi connectivity index (χ4v) is 2.83. The fourth-order valence-electron chi connectivity index (χ4n) is 2.13. The van der Waals surface area contributed by atoms with E-state index in [9.17, 15) is 4.79 Å². The van der Waals surface area contributed by atoms with E-state index in [0.717, 1.165) is 18.8 Å². The Hall–Kier alpha value is -1.95. The number of hydrogen-bond acceptors (Lipinski definition) is 4. The minimum atomic E-state index is -0.841. The Balaban J connectivity index is 2.19. The first-order chi connectivity index (χ1) is 10.2. The zero-order valence-electron chi connectivity index (χ0n) is 12.2. The highest BCUT2D eigenvalue weighted by molar-refractivity contribution is 7.99. The minimum absolute atomic E-state index is 0.00848. The van der Waals surface area contributed by atoms with Gasteiger partial charge in [0.1, 0.15) is 0 Å². The number of hydrogen-bond donors (Lipinski definition) is 1. The molecule has 0 spiro atoms. The Morgan fingerprint density at radius 2 is 1.95 bits per heavy atom. The topological polar surface area (TPSA) is 58.4 Å². The van der Waals surface area contributed by atoms with E-state index in [1.807, 2.05) is 22.9 Å². The number of aromatic nitrogens is 2. The fraction of sp³-hybridized carbons (Fsp3) is 0.333. The Labute approximate surface area is 128 Å². The van der Waals surface area contributed by atoms with Crippen molar-refractivity contribution in [2.45, 2.75) is 19.0 Å². The maximum absolute atomic E-state index is 10.7. The molecular formula is C15H19N3O2S. The van der Waals surface area contributed by atoms with Gasteiger partial charge in [-0.1, -0.05) is 11.8 Å². The Morgan fingerprint density at radius 1 is 1.29 bits per heavy atom. The number of imidazole rings is 1. The van der Waals surface area contributed by atoms with Crippen molar-refractivity contribution in [3.05, 3.63) is 36.7 Å². The standard InChI is InChI=1S/C15H19N3O2S/c1-3-17(4-2)12-5-7-13(8-6-12)18-10-9-16-15(18)21-11-14(19)20/h5-10H,3-4,11H2,1-2H3,(H,19,20). The molecule has 0 saturated carbocycles. The van der Waals surface area contributed by atoms with Crippen LogP contribution < -0.4 is 4.90 Å². The summed E-state index contributed by atoms with van der Waals surface area (Å²) in [6.07, 6.45) is 3.53. The lowest BCUT2D eigenvalue weighted by Crippen LogP contribution is -2.21. The number of carbonyl (C=O) groups is 1. The van der Waals surface area contributed by atoms with Gasteiger partial charge in [0.05, 0.1) is 5.75 Å². The molecule has 0 amide bonds. The van der Waals surface area contributed by atoms with Gasteiger partial charge < -0.3 is 10.0 Å². The maximum Gasteiger partial charge on any atom is 0.313 e. The molecule has 0 saturated heterocycles. The predicted molar refractivity (Wildman–Crippen MR) is 85.5 cm³/mol. The molecule has 1 aromatic carbocycles. The molecular weight excluding hydrogens is 286 g/mol. The van der Waals surface area contributed by atoms with Gasteiger partial charge in [-0.15, -0.1) is 0 Å². The zero-order chi connectivity index (χ0) is 15.2. The van der Waals surface area contributed by atoms with Crippen LogP contribution in [-0.2, 0) is 4.79 Å². The van der Waals surface area contributed by atoms with Crippen molar-refractivity contribution < 1.29 is 9.90 Å². The molecule has 0 bridgehead atoms. The molecule has 0 atom stereocenters. The van der Waals surface area contributed by atoms with Crippen LogP contribution in [0.5, 0.6) is 0 Å². The third kappa shape index (κ3) is 3.78. The Kier molecular flexibility index (Phi) is 5.27. The average Bonchev–Trinajstić information content (AvgIpc) is 2.95. The molecule has 0 unspecified atom stereocenters. The number of benzene rings is 1. The van der Waals surface area contributed by atoms with E-state index in [1.54, 1.807) is 6.20 Å². The predicted octanol–water partition coefficient (Wildman–Crippen LogP) is 2.90. The van der Waals surface area contributed by atoms with Gasteiger partial charge in [0, 0.05) is 36.9 Å². The van der Waals surface area contributed by atoms with Crippen LogP contribution in [0.25, 0.3) is 5.69 Å². The van der Waals surface area contributed by atoms with Crippen molar-refractivity contribution in [3.63, 3.8) is 0 Å². The quantitative estimate of drug-likeness (QED) is 0.797. The second-order valence-electron chi connectivity index (χ2n) is 4.45. The van der Waals surface area contributed by atoms with Gasteiger partial charge in [0.25, 0.3) is 0 Å². The van der Waals surface area contributed by atoms with Gasteiger partial charge in [0.15, 0.2) is 5.16 Å². The van der Waals surface area contributed by atoms with E-state index < -0.39 is 5.97 Å². The largest absolute Gasteiger partial charge is 0.481 e. The van der Waals surface area contributed by atoms with Gasteiger partial charge in [-0.2, -0.15) is 0 Å². The summed E-state index contributed by atoms with van der Waals surface area (Å²) in [5.74, 6) is -0.833. The van der Waals surface area contributed by atoms with Gasteiger partial charge >= 0.3 is 5.97 Å². The number of thioether (sulfide) groups is 1. The molecule has 0 aliphatic carbocycles. The zero-order valence-corrected chi connectivity index (χ0v) is 13.0. The van der Waals surface area contributed by atoms with E-state index in [2.05, 4.69) is 35.9 Å². The number of carboxylic acid groups (broad SMARTS) is 1. The summed E-state index contributed by atoms with van der Waals surface area (Å²) in [5.41, 5.74) is 2.17. The SMILES string of the molecule is CCN(CC)c1ccc(-n2ccnc2SCC(=O)O)cc1. The van der Waals surface area contributed by atoms with Crippen molar-refractivity contribution in [1.82, 2.24) is 9.55 Å². The maximum atomic E-state index is 10.7. The second-order valence-corrected chi connectivity index (χ2v) is 5.39. The van der Waals surface area contributed by atoms with E-state index in [0.29, 0.717) is 5.16 Å². The van der Waals surface area contributed by atoms with E-state index >= 15 is 0 Å². The lowest BCUT2D eigenvalue weighted by Gasteiger charge is -2.21. The van der Waals surface area contributed by atoms with Crippen LogP contribution in [0.3, 0.4) is 0 Å². The van der Waals surface area contributed by atoms with Crippen molar-refractivity contribution >= 4 is 23.4 Å². The average molecular weight is 305 g/mol. The normalized spacial score (nSPS) is 10.6. The lowest BCUT2D eigenvalue weighted by molar-refractivity contribution is -0.133. The molecule has 0 aliphatic rings. The van der Waals surface area contributed by atoms with Gasteiger partial charge in [0.2, 0.25) is 0 Å². The van der Waals surface area contributed by atoms with Crippen LogP contribution in [0.4, 0.5) is 5.69 Å². The van der Waals surface area contributed by atoms with E-state index in [4.69, 9.17) is 5.11 Å². The first kappa shape index (κ1) is 15.4. The number of rotatable bonds is 7. The van der Waals surface area contributed by atoms with Crippen molar-refractivity contribution in [2.24, 2.45) is 0 Å². The summed E-state index contributed by atoms with van der Waals surface area (Å²) in [6.45, 7) is 6.21. The molecule has 5 nitrogen and oxygen atoms in total. The first-order valence-electron chi connectivity index (χ1n) is 6.89. The molecule has 1 aromatic heterocycles. The summed E-state index contributed by atoms with van der Waals surface area (Å²) in [5, 5.41) is 9.45. The van der Waals surface area contributed by atoms with Gasteiger partial charge in [-0.3, -0.25) is 9.36 Å². The molecule has 1 N–H and O–H groups in total.